The van der Waals surface area contributed by atoms with Crippen LogP contribution < -0.4 is 0 Å². The molecule has 0 aliphatic rings. The van der Waals surface area contributed by atoms with Crippen LogP contribution in [0.2, 0.25) is 0 Å². The van der Waals surface area contributed by atoms with Gasteiger partial charge >= 0.3 is 0 Å². The SMILES string of the molecule is N#Cc1cc(C#N)cc(-c2c[c]ncc2)c1. The van der Waals surface area contributed by atoms with Crippen LogP contribution >= 0.6 is 0 Å². The number of benzene rings is 1. The van der Waals surface area contributed by atoms with Gasteiger partial charge in [0.2, 0.25) is 0 Å². The van der Waals surface area contributed by atoms with Gasteiger partial charge in [-0.15, -0.1) is 0 Å². The van der Waals surface area contributed by atoms with Crippen LogP contribution in [0.1, 0.15) is 11.1 Å². The molecule has 3 heteroatoms. The van der Waals surface area contributed by atoms with Crippen LogP contribution in [-0.2, 0) is 0 Å². The summed E-state index contributed by atoms with van der Waals surface area (Å²) in [5.74, 6) is 0. The minimum atomic E-state index is 0.478. The van der Waals surface area contributed by atoms with Crippen molar-refractivity contribution in [2.75, 3.05) is 0 Å². The minimum absolute atomic E-state index is 0.478. The third-order valence-corrected chi connectivity index (χ3v) is 2.15. The van der Waals surface area contributed by atoms with Gasteiger partial charge in [-0.25, -0.2) is 0 Å². The molecule has 0 fully saturated rings. The summed E-state index contributed by atoms with van der Waals surface area (Å²) in [6, 6.07) is 12.6. The lowest BCUT2D eigenvalue weighted by Crippen LogP contribution is -1.84. The standard InChI is InChI=1S/C13H6N3/c14-8-10-5-11(9-15)7-13(6-10)12-1-3-16-4-2-12/h1-3,5-7H. The number of hydrogen-bond donors (Lipinski definition) is 0. The third kappa shape index (κ3) is 1.89. The van der Waals surface area contributed by atoms with Crippen molar-refractivity contribution in [1.29, 1.82) is 10.5 Å². The van der Waals surface area contributed by atoms with Crippen LogP contribution in [0.25, 0.3) is 11.1 Å². The molecule has 0 amide bonds. The minimum Gasteiger partial charge on any atom is -0.255 e. The molecule has 0 bridgehead atoms. The zero-order valence-corrected chi connectivity index (χ0v) is 8.31. The van der Waals surface area contributed by atoms with Crippen molar-refractivity contribution in [2.24, 2.45) is 0 Å². The van der Waals surface area contributed by atoms with Gasteiger partial charge in [0.05, 0.1) is 29.5 Å². The van der Waals surface area contributed by atoms with Crippen LogP contribution in [0, 0.1) is 28.9 Å². The van der Waals surface area contributed by atoms with E-state index in [1.165, 1.54) is 0 Å². The number of nitriles is 2. The van der Waals surface area contributed by atoms with E-state index in [-0.39, 0.29) is 0 Å². The van der Waals surface area contributed by atoms with E-state index in [0.717, 1.165) is 11.1 Å². The molecule has 2 rings (SSSR count). The average molecular weight is 204 g/mol. The molecule has 0 atom stereocenters. The Morgan fingerprint density at radius 2 is 1.69 bits per heavy atom. The predicted octanol–water partition coefficient (Wildman–Crippen LogP) is 2.29. The van der Waals surface area contributed by atoms with Gasteiger partial charge in [-0.2, -0.15) is 10.5 Å². The van der Waals surface area contributed by atoms with E-state index < -0.39 is 0 Å². The monoisotopic (exact) mass is 204 g/mol. The quantitative estimate of drug-likeness (QED) is 0.716. The smallest absolute Gasteiger partial charge is 0.0992 e. The zero-order chi connectivity index (χ0) is 11.4. The van der Waals surface area contributed by atoms with Crippen LogP contribution in [0.5, 0.6) is 0 Å². The van der Waals surface area contributed by atoms with E-state index in [0.29, 0.717) is 11.1 Å². The summed E-state index contributed by atoms with van der Waals surface area (Å²) in [4.78, 5) is 3.80. The molecule has 0 spiro atoms. The fraction of sp³-hybridized carbons (Fsp3) is 0. The van der Waals surface area contributed by atoms with E-state index in [1.54, 1.807) is 30.5 Å². The molecule has 1 aromatic carbocycles. The molecule has 2 aromatic rings. The van der Waals surface area contributed by atoms with E-state index in [4.69, 9.17) is 10.5 Å². The Hall–Kier alpha value is -2.65. The van der Waals surface area contributed by atoms with Crippen molar-refractivity contribution >= 4 is 0 Å². The highest BCUT2D eigenvalue weighted by Gasteiger charge is 2.02. The summed E-state index contributed by atoms with van der Waals surface area (Å²) in [5, 5.41) is 17.7. The summed E-state index contributed by atoms with van der Waals surface area (Å²) in [7, 11) is 0. The fourth-order valence-electron chi connectivity index (χ4n) is 1.42. The van der Waals surface area contributed by atoms with Gasteiger partial charge in [0, 0.05) is 6.20 Å². The molecule has 16 heavy (non-hydrogen) atoms. The first-order valence-corrected chi connectivity index (χ1v) is 4.61. The highest BCUT2D eigenvalue weighted by atomic mass is 14.6. The van der Waals surface area contributed by atoms with E-state index in [1.807, 2.05) is 18.2 Å². The molecule has 0 saturated carbocycles. The summed E-state index contributed by atoms with van der Waals surface area (Å²) in [5.41, 5.74) is 2.68. The first-order chi connectivity index (χ1) is 7.83. The lowest BCUT2D eigenvalue weighted by atomic mass is 10.0. The zero-order valence-electron chi connectivity index (χ0n) is 8.31. The molecule has 0 unspecified atom stereocenters. The molecular formula is C13H6N3. The van der Waals surface area contributed by atoms with Crippen LogP contribution in [0.3, 0.4) is 0 Å². The topological polar surface area (TPSA) is 60.5 Å². The molecule has 0 saturated heterocycles. The Balaban J connectivity index is 2.59. The molecule has 1 heterocycles. The van der Waals surface area contributed by atoms with Crippen LogP contribution in [-0.4, -0.2) is 4.98 Å². The Kier molecular flexibility index (Phi) is 2.63. The Morgan fingerprint density at radius 1 is 1.00 bits per heavy atom. The van der Waals surface area contributed by atoms with E-state index in [9.17, 15) is 0 Å². The lowest BCUT2D eigenvalue weighted by molar-refractivity contribution is 1.31. The first-order valence-electron chi connectivity index (χ1n) is 4.61. The summed E-state index contributed by atoms with van der Waals surface area (Å²) >= 11 is 0. The number of rotatable bonds is 1. The second-order valence-electron chi connectivity index (χ2n) is 3.20. The highest BCUT2D eigenvalue weighted by Crippen LogP contribution is 2.21. The fourth-order valence-corrected chi connectivity index (χ4v) is 1.42. The van der Waals surface area contributed by atoms with Crippen molar-refractivity contribution in [2.45, 2.75) is 0 Å². The predicted molar refractivity (Wildman–Crippen MR) is 57.9 cm³/mol. The van der Waals surface area contributed by atoms with Crippen molar-refractivity contribution in [3.63, 3.8) is 0 Å². The number of hydrogen-bond acceptors (Lipinski definition) is 3. The summed E-state index contributed by atoms with van der Waals surface area (Å²) in [6.45, 7) is 0. The van der Waals surface area contributed by atoms with Gasteiger partial charge in [0.1, 0.15) is 0 Å². The summed E-state index contributed by atoms with van der Waals surface area (Å²) < 4.78 is 0. The second-order valence-corrected chi connectivity index (χ2v) is 3.20. The van der Waals surface area contributed by atoms with Gasteiger partial charge in [0.15, 0.2) is 0 Å². The third-order valence-electron chi connectivity index (χ3n) is 2.15. The van der Waals surface area contributed by atoms with Crippen molar-refractivity contribution in [1.82, 2.24) is 4.98 Å². The van der Waals surface area contributed by atoms with Gasteiger partial charge in [-0.1, -0.05) is 0 Å². The maximum absolute atomic E-state index is 8.85. The number of aromatic nitrogens is 1. The van der Waals surface area contributed by atoms with Crippen LogP contribution in [0.4, 0.5) is 0 Å². The molecule has 73 valence electrons. The average Bonchev–Trinajstić information content (AvgIpc) is 2.39. The Labute approximate surface area is 93.2 Å². The molecule has 0 N–H and O–H groups in total. The Bertz CT molecular complexity index is 557. The number of nitrogens with zero attached hydrogens (tertiary/aromatic N) is 3. The van der Waals surface area contributed by atoms with Crippen molar-refractivity contribution < 1.29 is 0 Å². The maximum Gasteiger partial charge on any atom is 0.0992 e. The molecule has 1 aromatic heterocycles. The van der Waals surface area contributed by atoms with Crippen LogP contribution in [0.15, 0.2) is 36.5 Å². The number of pyridine rings is 1. The molecule has 1 radical (unpaired) electrons. The lowest BCUT2D eigenvalue weighted by Gasteiger charge is -2.01. The highest BCUT2D eigenvalue weighted by molar-refractivity contribution is 5.66. The van der Waals surface area contributed by atoms with Crippen molar-refractivity contribution in [3.05, 3.63) is 53.9 Å². The van der Waals surface area contributed by atoms with Gasteiger partial charge in [0.25, 0.3) is 0 Å². The normalized spacial score (nSPS) is 9.12. The molecule has 3 nitrogen and oxygen atoms in total. The first kappa shape index (κ1) is 9.89. The molecular weight excluding hydrogens is 198 g/mol. The van der Waals surface area contributed by atoms with E-state index >= 15 is 0 Å². The van der Waals surface area contributed by atoms with E-state index in [2.05, 4.69) is 11.2 Å². The summed E-state index contributed by atoms with van der Waals surface area (Å²) in [6.07, 6.45) is 4.34. The maximum atomic E-state index is 8.85. The van der Waals surface area contributed by atoms with Gasteiger partial charge in [-0.3, -0.25) is 4.98 Å². The largest absolute Gasteiger partial charge is 0.255 e. The molecule has 0 aliphatic carbocycles. The van der Waals surface area contributed by atoms with Crippen molar-refractivity contribution in [3.8, 4) is 23.3 Å². The Morgan fingerprint density at radius 3 is 2.19 bits per heavy atom. The second kappa shape index (κ2) is 4.25. The molecule has 0 aliphatic heterocycles. The van der Waals surface area contributed by atoms with Gasteiger partial charge < -0.3 is 0 Å². The van der Waals surface area contributed by atoms with Gasteiger partial charge in [-0.05, 0) is 41.5 Å².